The first-order valence-corrected chi connectivity index (χ1v) is 9.78. The summed E-state index contributed by atoms with van der Waals surface area (Å²) in [6.45, 7) is 6.60. The van der Waals surface area contributed by atoms with Crippen molar-refractivity contribution in [2.24, 2.45) is 0 Å². The zero-order valence-electron chi connectivity index (χ0n) is 16.1. The van der Waals surface area contributed by atoms with E-state index in [-0.39, 0.29) is 18.0 Å². The number of aromatic amines is 1. The molecule has 2 aromatic carbocycles. The van der Waals surface area contributed by atoms with Gasteiger partial charge in [0.05, 0.1) is 18.3 Å². The Labute approximate surface area is 169 Å². The summed E-state index contributed by atoms with van der Waals surface area (Å²) in [4.78, 5) is 15.0. The largest absolute Gasteiger partial charge is 0.494 e. The van der Waals surface area contributed by atoms with E-state index in [1.165, 1.54) is 0 Å². The molecule has 1 amide bonds. The Hall–Kier alpha value is -2.79. The monoisotopic (exact) mass is 395 g/mol. The molecule has 1 N–H and O–H groups in total. The number of benzene rings is 2. The van der Waals surface area contributed by atoms with Crippen LogP contribution in [0.3, 0.4) is 0 Å². The van der Waals surface area contributed by atoms with Crippen molar-refractivity contribution in [1.82, 2.24) is 15.1 Å². The first-order valence-electron chi connectivity index (χ1n) is 9.41. The molecule has 0 saturated heterocycles. The zero-order chi connectivity index (χ0) is 19.8. The predicted octanol–water partition coefficient (Wildman–Crippen LogP) is 5.08. The molecule has 5 nitrogen and oxygen atoms in total. The summed E-state index contributed by atoms with van der Waals surface area (Å²) in [5.41, 5.74) is 4.14. The van der Waals surface area contributed by atoms with Crippen molar-refractivity contribution in [1.29, 1.82) is 0 Å². The summed E-state index contributed by atoms with van der Waals surface area (Å²) in [6.07, 6.45) is 0. The van der Waals surface area contributed by atoms with Gasteiger partial charge in [0.2, 0.25) is 0 Å². The lowest BCUT2D eigenvalue weighted by Crippen LogP contribution is -2.35. The van der Waals surface area contributed by atoms with Crippen molar-refractivity contribution >= 4 is 17.5 Å². The van der Waals surface area contributed by atoms with Crippen LogP contribution in [0.1, 0.15) is 48.4 Å². The third-order valence-corrected chi connectivity index (χ3v) is 5.21. The highest BCUT2D eigenvalue weighted by molar-refractivity contribution is 6.30. The highest BCUT2D eigenvalue weighted by atomic mass is 35.5. The number of aromatic nitrogens is 2. The van der Waals surface area contributed by atoms with Crippen LogP contribution in [0.25, 0.3) is 11.3 Å². The molecule has 0 saturated carbocycles. The molecule has 1 atom stereocenters. The molecule has 1 unspecified atom stereocenters. The third kappa shape index (κ3) is 3.06. The Morgan fingerprint density at radius 1 is 1.21 bits per heavy atom. The number of amides is 1. The van der Waals surface area contributed by atoms with Crippen molar-refractivity contribution < 1.29 is 9.53 Å². The Bertz CT molecular complexity index is 1010. The van der Waals surface area contributed by atoms with Gasteiger partial charge in [-0.3, -0.25) is 9.89 Å². The van der Waals surface area contributed by atoms with Crippen LogP contribution in [0, 0.1) is 0 Å². The van der Waals surface area contributed by atoms with Crippen molar-refractivity contribution in [3.8, 4) is 17.0 Å². The molecule has 0 radical (unpaired) electrons. The predicted molar refractivity (Wildman–Crippen MR) is 110 cm³/mol. The van der Waals surface area contributed by atoms with Gasteiger partial charge < -0.3 is 9.64 Å². The standard InChI is InChI=1S/C22H22ClN3O2/c1-4-28-17-7-5-6-15(12-17)21-18-19(14-8-10-16(23)11-9-14)24-25-20(18)22(27)26(21)13(2)3/h5-13,21H,4H2,1-3H3,(H,24,25). The Morgan fingerprint density at radius 3 is 2.64 bits per heavy atom. The molecule has 0 spiro atoms. The van der Waals surface area contributed by atoms with Crippen LogP contribution in [-0.2, 0) is 0 Å². The average Bonchev–Trinajstić information content (AvgIpc) is 3.22. The van der Waals surface area contributed by atoms with Crippen molar-refractivity contribution in [2.45, 2.75) is 32.9 Å². The van der Waals surface area contributed by atoms with E-state index in [2.05, 4.69) is 10.2 Å². The maximum absolute atomic E-state index is 13.1. The lowest BCUT2D eigenvalue weighted by molar-refractivity contribution is 0.0687. The van der Waals surface area contributed by atoms with Gasteiger partial charge in [-0.05, 0) is 50.6 Å². The van der Waals surface area contributed by atoms with Crippen molar-refractivity contribution in [3.05, 3.63) is 70.4 Å². The number of carbonyl (C=O) groups is 1. The second-order valence-corrected chi connectivity index (χ2v) is 7.52. The van der Waals surface area contributed by atoms with Gasteiger partial charge in [-0.1, -0.05) is 35.9 Å². The van der Waals surface area contributed by atoms with Crippen molar-refractivity contribution in [3.63, 3.8) is 0 Å². The van der Waals surface area contributed by atoms with Crippen LogP contribution in [0.15, 0.2) is 48.5 Å². The number of H-pyrrole nitrogens is 1. The first kappa shape index (κ1) is 18.6. The lowest BCUT2D eigenvalue weighted by Gasteiger charge is -2.30. The van der Waals surface area contributed by atoms with Crippen LogP contribution in [-0.4, -0.2) is 33.7 Å². The summed E-state index contributed by atoms with van der Waals surface area (Å²) >= 11 is 6.05. The minimum Gasteiger partial charge on any atom is -0.494 e. The number of halogens is 1. The number of ether oxygens (including phenoxy) is 1. The number of nitrogens with one attached hydrogen (secondary N) is 1. The minimum absolute atomic E-state index is 0.0344. The van der Waals surface area contributed by atoms with Crippen LogP contribution in [0.5, 0.6) is 5.75 Å². The van der Waals surface area contributed by atoms with Gasteiger partial charge >= 0.3 is 0 Å². The Morgan fingerprint density at radius 2 is 1.96 bits per heavy atom. The van der Waals surface area contributed by atoms with E-state index < -0.39 is 0 Å². The van der Waals surface area contributed by atoms with Gasteiger partial charge in [0, 0.05) is 22.2 Å². The second kappa shape index (κ2) is 7.32. The molecule has 144 valence electrons. The summed E-state index contributed by atoms with van der Waals surface area (Å²) in [6, 6.07) is 15.3. The van der Waals surface area contributed by atoms with Crippen LogP contribution >= 0.6 is 11.6 Å². The number of nitrogens with zero attached hydrogens (tertiary/aromatic N) is 2. The average molecular weight is 396 g/mol. The van der Waals surface area contributed by atoms with Gasteiger partial charge in [-0.25, -0.2) is 0 Å². The maximum atomic E-state index is 13.1. The Balaban J connectivity index is 1.88. The normalized spacial score (nSPS) is 16.0. The molecule has 1 aliphatic heterocycles. The van der Waals surface area contributed by atoms with E-state index in [1.54, 1.807) is 0 Å². The zero-order valence-corrected chi connectivity index (χ0v) is 16.8. The van der Waals surface area contributed by atoms with E-state index in [0.717, 1.165) is 28.1 Å². The SMILES string of the molecule is CCOc1cccc(C2c3c(-c4ccc(Cl)cc4)n[nH]c3C(=O)N2C(C)C)c1. The highest BCUT2D eigenvalue weighted by Gasteiger charge is 2.43. The van der Waals surface area contributed by atoms with E-state index in [0.29, 0.717) is 17.3 Å². The van der Waals surface area contributed by atoms with Gasteiger partial charge in [-0.15, -0.1) is 0 Å². The van der Waals surface area contributed by atoms with Gasteiger partial charge in [0.15, 0.2) is 0 Å². The molecule has 4 rings (SSSR count). The van der Waals surface area contributed by atoms with E-state index in [1.807, 2.05) is 74.2 Å². The molecule has 0 fully saturated rings. The van der Waals surface area contributed by atoms with E-state index >= 15 is 0 Å². The topological polar surface area (TPSA) is 58.2 Å². The smallest absolute Gasteiger partial charge is 0.273 e. The number of carbonyl (C=O) groups excluding carboxylic acids is 1. The van der Waals surface area contributed by atoms with Gasteiger partial charge in [-0.2, -0.15) is 5.10 Å². The molecule has 1 aromatic heterocycles. The quantitative estimate of drug-likeness (QED) is 0.655. The fourth-order valence-electron chi connectivity index (χ4n) is 3.79. The molecule has 6 heteroatoms. The van der Waals surface area contributed by atoms with Crippen LogP contribution < -0.4 is 4.74 Å². The van der Waals surface area contributed by atoms with Crippen LogP contribution in [0.4, 0.5) is 0 Å². The van der Waals surface area contributed by atoms with E-state index in [4.69, 9.17) is 16.3 Å². The van der Waals surface area contributed by atoms with E-state index in [9.17, 15) is 4.79 Å². The summed E-state index contributed by atoms with van der Waals surface area (Å²) < 4.78 is 5.68. The maximum Gasteiger partial charge on any atom is 0.273 e. The molecular weight excluding hydrogens is 374 g/mol. The fraction of sp³-hybridized carbons (Fsp3) is 0.273. The van der Waals surface area contributed by atoms with Crippen molar-refractivity contribution in [2.75, 3.05) is 6.61 Å². The minimum atomic E-state index is -0.229. The number of fused-ring (bicyclic) bond motifs is 1. The first-order chi connectivity index (χ1) is 13.5. The third-order valence-electron chi connectivity index (χ3n) is 4.96. The molecule has 0 bridgehead atoms. The number of hydrogen-bond acceptors (Lipinski definition) is 3. The summed E-state index contributed by atoms with van der Waals surface area (Å²) in [5, 5.41) is 8.10. The molecule has 2 heterocycles. The summed E-state index contributed by atoms with van der Waals surface area (Å²) in [5.74, 6) is 0.755. The molecular formula is C22H22ClN3O2. The van der Waals surface area contributed by atoms with Gasteiger partial charge in [0.1, 0.15) is 11.4 Å². The Kier molecular flexibility index (Phi) is 4.85. The summed E-state index contributed by atoms with van der Waals surface area (Å²) in [7, 11) is 0. The number of hydrogen-bond donors (Lipinski definition) is 1. The molecule has 0 aliphatic carbocycles. The van der Waals surface area contributed by atoms with Crippen LogP contribution in [0.2, 0.25) is 5.02 Å². The second-order valence-electron chi connectivity index (χ2n) is 7.08. The highest BCUT2D eigenvalue weighted by Crippen LogP contribution is 2.44. The molecule has 1 aliphatic rings. The number of rotatable bonds is 5. The fourth-order valence-corrected chi connectivity index (χ4v) is 3.92. The lowest BCUT2D eigenvalue weighted by atomic mass is 9.95. The molecule has 3 aromatic rings. The molecule has 28 heavy (non-hydrogen) atoms. The van der Waals surface area contributed by atoms with Gasteiger partial charge in [0.25, 0.3) is 5.91 Å².